The summed E-state index contributed by atoms with van der Waals surface area (Å²) in [4.78, 5) is 13.3. The number of amides is 1. The van der Waals surface area contributed by atoms with Crippen molar-refractivity contribution >= 4 is 21.8 Å². The van der Waals surface area contributed by atoms with Gasteiger partial charge in [-0.2, -0.15) is 0 Å². The summed E-state index contributed by atoms with van der Waals surface area (Å²) in [6.45, 7) is 1.77. The van der Waals surface area contributed by atoms with Gasteiger partial charge in [0.1, 0.15) is 12.4 Å². The number of carbonyl (C=O) groups excluding carboxylic acids is 1. The number of terminal acetylenes is 1. The van der Waals surface area contributed by atoms with E-state index in [1.54, 1.807) is 0 Å². The average Bonchev–Trinajstić information content (AvgIpc) is 2.38. The van der Waals surface area contributed by atoms with E-state index in [4.69, 9.17) is 11.2 Å². The molecule has 0 atom stereocenters. The van der Waals surface area contributed by atoms with Crippen molar-refractivity contribution in [3.8, 4) is 18.1 Å². The third kappa shape index (κ3) is 6.85. The number of likely N-dealkylation sites (N-methyl/N-ethyl adjacent to an activating group) is 1. The molecule has 0 saturated carbocycles. The van der Waals surface area contributed by atoms with Crippen LogP contribution in [0.1, 0.15) is 0 Å². The largest absolute Gasteiger partial charge is 0.492 e. The van der Waals surface area contributed by atoms with Crippen LogP contribution in [0.15, 0.2) is 28.7 Å². The Hall–Kier alpha value is -1.51. The van der Waals surface area contributed by atoms with Crippen molar-refractivity contribution in [2.75, 3.05) is 33.3 Å². The smallest absolute Gasteiger partial charge is 0.234 e. The number of ether oxygens (including phenoxy) is 1. The van der Waals surface area contributed by atoms with Crippen LogP contribution in [0.4, 0.5) is 0 Å². The summed E-state index contributed by atoms with van der Waals surface area (Å²) < 4.78 is 6.58. The molecule has 1 amide bonds. The molecule has 4 nitrogen and oxygen atoms in total. The molecule has 1 aromatic carbocycles. The van der Waals surface area contributed by atoms with E-state index in [-0.39, 0.29) is 12.5 Å². The van der Waals surface area contributed by atoms with E-state index in [0.29, 0.717) is 19.7 Å². The standard InChI is InChI=1S/C14H17BrN2O2/c1-3-8-16-14(18)11-17(2)9-10-19-13-6-4-12(15)5-7-13/h1,4-7H,8-11H2,2H3,(H,16,18). The minimum Gasteiger partial charge on any atom is -0.492 e. The Morgan fingerprint density at radius 2 is 2.16 bits per heavy atom. The summed E-state index contributed by atoms with van der Waals surface area (Å²) in [6.07, 6.45) is 5.06. The molecule has 0 aliphatic carbocycles. The minimum absolute atomic E-state index is 0.0795. The van der Waals surface area contributed by atoms with Crippen molar-refractivity contribution in [3.63, 3.8) is 0 Å². The van der Waals surface area contributed by atoms with Gasteiger partial charge in [0.15, 0.2) is 0 Å². The van der Waals surface area contributed by atoms with Gasteiger partial charge in [0.05, 0.1) is 13.1 Å². The lowest BCUT2D eigenvalue weighted by Crippen LogP contribution is -2.37. The van der Waals surface area contributed by atoms with Gasteiger partial charge in [0, 0.05) is 11.0 Å². The Morgan fingerprint density at radius 3 is 2.79 bits per heavy atom. The van der Waals surface area contributed by atoms with Crippen molar-refractivity contribution in [2.24, 2.45) is 0 Å². The van der Waals surface area contributed by atoms with E-state index in [9.17, 15) is 4.79 Å². The normalized spacial score (nSPS) is 10.0. The first kappa shape index (κ1) is 15.5. The van der Waals surface area contributed by atoms with Crippen LogP contribution in [-0.4, -0.2) is 44.1 Å². The number of nitrogens with one attached hydrogen (secondary N) is 1. The van der Waals surface area contributed by atoms with Crippen molar-refractivity contribution in [2.45, 2.75) is 0 Å². The topological polar surface area (TPSA) is 41.6 Å². The number of hydrogen-bond donors (Lipinski definition) is 1. The molecule has 0 bridgehead atoms. The second-order valence-corrected chi connectivity index (χ2v) is 4.94. The van der Waals surface area contributed by atoms with Gasteiger partial charge in [-0.1, -0.05) is 21.9 Å². The zero-order chi connectivity index (χ0) is 14.1. The summed E-state index contributed by atoms with van der Waals surface area (Å²) in [5, 5.41) is 2.61. The molecule has 0 aromatic heterocycles. The van der Waals surface area contributed by atoms with Crippen LogP contribution in [0.5, 0.6) is 5.75 Å². The summed E-state index contributed by atoms with van der Waals surface area (Å²) in [6, 6.07) is 7.63. The minimum atomic E-state index is -0.0795. The number of nitrogens with zero attached hydrogens (tertiary/aromatic N) is 1. The molecule has 0 saturated heterocycles. The SMILES string of the molecule is C#CCNC(=O)CN(C)CCOc1ccc(Br)cc1. The molecule has 0 unspecified atom stereocenters. The molecule has 0 aliphatic heterocycles. The van der Waals surface area contributed by atoms with Gasteiger partial charge in [-0.25, -0.2) is 0 Å². The summed E-state index contributed by atoms with van der Waals surface area (Å²) in [7, 11) is 1.86. The van der Waals surface area contributed by atoms with Gasteiger partial charge in [-0.15, -0.1) is 6.42 Å². The zero-order valence-corrected chi connectivity index (χ0v) is 12.4. The quantitative estimate of drug-likeness (QED) is 0.773. The van der Waals surface area contributed by atoms with Crippen LogP contribution in [0.3, 0.4) is 0 Å². The van der Waals surface area contributed by atoms with Gasteiger partial charge in [-0.3, -0.25) is 9.69 Å². The van der Waals surface area contributed by atoms with Gasteiger partial charge in [0.2, 0.25) is 5.91 Å². The average molecular weight is 325 g/mol. The van der Waals surface area contributed by atoms with Crippen molar-refractivity contribution in [3.05, 3.63) is 28.7 Å². The number of carbonyl (C=O) groups is 1. The maximum absolute atomic E-state index is 11.4. The van der Waals surface area contributed by atoms with Crippen LogP contribution >= 0.6 is 15.9 Å². The first-order chi connectivity index (χ1) is 9.11. The van der Waals surface area contributed by atoms with Gasteiger partial charge in [-0.05, 0) is 31.3 Å². The monoisotopic (exact) mass is 324 g/mol. The van der Waals surface area contributed by atoms with Crippen LogP contribution in [0.2, 0.25) is 0 Å². The van der Waals surface area contributed by atoms with Crippen LogP contribution in [0.25, 0.3) is 0 Å². The summed E-state index contributed by atoms with van der Waals surface area (Å²) in [5.74, 6) is 3.10. The van der Waals surface area contributed by atoms with Crippen LogP contribution in [-0.2, 0) is 4.79 Å². The first-order valence-corrected chi connectivity index (χ1v) is 6.68. The lowest BCUT2D eigenvalue weighted by Gasteiger charge is -2.16. The molecule has 1 aromatic rings. The highest BCUT2D eigenvalue weighted by molar-refractivity contribution is 9.10. The molecular weight excluding hydrogens is 308 g/mol. The van der Waals surface area contributed by atoms with Crippen LogP contribution < -0.4 is 10.1 Å². The highest BCUT2D eigenvalue weighted by Gasteiger charge is 2.05. The van der Waals surface area contributed by atoms with Gasteiger partial charge in [0.25, 0.3) is 0 Å². The molecule has 1 rings (SSSR count). The van der Waals surface area contributed by atoms with E-state index in [1.165, 1.54) is 0 Å². The Morgan fingerprint density at radius 1 is 1.47 bits per heavy atom. The Labute approximate surface area is 122 Å². The third-order valence-electron chi connectivity index (χ3n) is 2.36. The molecule has 5 heteroatoms. The lowest BCUT2D eigenvalue weighted by molar-refractivity contribution is -0.121. The van der Waals surface area contributed by atoms with Crippen molar-refractivity contribution in [1.29, 1.82) is 0 Å². The van der Waals surface area contributed by atoms with Gasteiger partial charge < -0.3 is 10.1 Å². The number of hydrogen-bond acceptors (Lipinski definition) is 3. The molecule has 0 fully saturated rings. The first-order valence-electron chi connectivity index (χ1n) is 5.89. The molecule has 102 valence electrons. The van der Waals surface area contributed by atoms with E-state index in [2.05, 4.69) is 27.2 Å². The molecule has 0 heterocycles. The third-order valence-corrected chi connectivity index (χ3v) is 2.89. The maximum atomic E-state index is 11.4. The Balaban J connectivity index is 2.20. The Kier molecular flexibility index (Phi) is 7.01. The second kappa shape index (κ2) is 8.57. The van der Waals surface area contributed by atoms with E-state index >= 15 is 0 Å². The molecular formula is C14H17BrN2O2. The number of benzene rings is 1. The Bertz CT molecular complexity index is 440. The number of rotatable bonds is 7. The fourth-order valence-electron chi connectivity index (χ4n) is 1.38. The van der Waals surface area contributed by atoms with E-state index in [1.807, 2.05) is 36.2 Å². The van der Waals surface area contributed by atoms with Crippen LogP contribution in [0, 0.1) is 12.3 Å². The second-order valence-electron chi connectivity index (χ2n) is 4.02. The predicted octanol–water partition coefficient (Wildman–Crippen LogP) is 1.51. The zero-order valence-electron chi connectivity index (χ0n) is 10.9. The van der Waals surface area contributed by atoms with E-state index in [0.717, 1.165) is 10.2 Å². The summed E-state index contributed by atoms with van der Waals surface area (Å²) in [5.41, 5.74) is 0. The summed E-state index contributed by atoms with van der Waals surface area (Å²) >= 11 is 3.36. The molecule has 19 heavy (non-hydrogen) atoms. The molecule has 0 radical (unpaired) electrons. The highest BCUT2D eigenvalue weighted by atomic mass is 79.9. The van der Waals surface area contributed by atoms with E-state index < -0.39 is 0 Å². The highest BCUT2D eigenvalue weighted by Crippen LogP contribution is 2.15. The lowest BCUT2D eigenvalue weighted by atomic mass is 10.3. The molecule has 1 N–H and O–H groups in total. The van der Waals surface area contributed by atoms with Gasteiger partial charge >= 0.3 is 0 Å². The maximum Gasteiger partial charge on any atom is 0.234 e. The van der Waals surface area contributed by atoms with Crippen molar-refractivity contribution < 1.29 is 9.53 Å². The fourth-order valence-corrected chi connectivity index (χ4v) is 1.64. The fraction of sp³-hybridized carbons (Fsp3) is 0.357. The predicted molar refractivity (Wildman–Crippen MR) is 79.0 cm³/mol. The molecule has 0 aliphatic rings. The number of halogens is 1. The molecule has 0 spiro atoms. The van der Waals surface area contributed by atoms with Crippen molar-refractivity contribution in [1.82, 2.24) is 10.2 Å².